The highest BCUT2D eigenvalue weighted by atomic mass is 16.3. The fourth-order valence-electron chi connectivity index (χ4n) is 1.32. The second-order valence-corrected chi connectivity index (χ2v) is 4.14. The van der Waals surface area contributed by atoms with Crippen molar-refractivity contribution in [2.45, 2.75) is 51.6 Å². The van der Waals surface area contributed by atoms with E-state index in [1.165, 1.54) is 18.9 Å². The van der Waals surface area contributed by atoms with Crippen LogP contribution in [0, 0.1) is 23.7 Å². The third-order valence-electron chi connectivity index (χ3n) is 2.39. The standard InChI is InChI=1S/C17H22O2/c1-3-5-6-10-14-17(19)15-12-9-7-8-11-13-16(18)4-2/h4,12,15-16,18H,2-3,5-6,9-10,14H2,1H3/b15-12-/t16-/m0/s1. The van der Waals surface area contributed by atoms with Gasteiger partial charge in [0.1, 0.15) is 6.10 Å². The van der Waals surface area contributed by atoms with Gasteiger partial charge in [-0.2, -0.15) is 0 Å². The van der Waals surface area contributed by atoms with Crippen molar-refractivity contribution in [2.24, 2.45) is 0 Å². The first-order valence-electron chi connectivity index (χ1n) is 6.69. The van der Waals surface area contributed by atoms with Crippen molar-refractivity contribution in [3.05, 3.63) is 24.8 Å². The molecule has 0 aliphatic heterocycles. The van der Waals surface area contributed by atoms with Crippen molar-refractivity contribution in [3.8, 4) is 23.7 Å². The number of rotatable bonds is 8. The van der Waals surface area contributed by atoms with Gasteiger partial charge in [-0.1, -0.05) is 56.8 Å². The second kappa shape index (κ2) is 12.7. The number of unbranched alkanes of at least 4 members (excludes halogenated alkanes) is 3. The molecule has 0 aromatic rings. The molecule has 0 saturated carbocycles. The van der Waals surface area contributed by atoms with Crippen LogP contribution in [0.15, 0.2) is 24.8 Å². The molecule has 0 spiro atoms. The van der Waals surface area contributed by atoms with E-state index in [0.29, 0.717) is 12.8 Å². The lowest BCUT2D eigenvalue weighted by molar-refractivity contribution is -0.114. The van der Waals surface area contributed by atoms with E-state index in [0.717, 1.165) is 12.8 Å². The van der Waals surface area contributed by atoms with Crippen LogP contribution in [0.5, 0.6) is 0 Å². The summed E-state index contributed by atoms with van der Waals surface area (Å²) in [6.45, 7) is 5.55. The predicted octanol–water partition coefficient (Wildman–Crippen LogP) is 3.03. The normalized spacial score (nSPS) is 11.1. The molecule has 1 atom stereocenters. The Kier molecular flexibility index (Phi) is 11.5. The van der Waals surface area contributed by atoms with Crippen LogP contribution < -0.4 is 0 Å². The first kappa shape index (κ1) is 17.2. The van der Waals surface area contributed by atoms with Crippen LogP contribution in [-0.2, 0) is 4.79 Å². The van der Waals surface area contributed by atoms with Gasteiger partial charge in [-0.15, -0.1) is 0 Å². The topological polar surface area (TPSA) is 37.3 Å². The van der Waals surface area contributed by atoms with E-state index in [4.69, 9.17) is 5.11 Å². The molecular weight excluding hydrogens is 236 g/mol. The Morgan fingerprint density at radius 1 is 1.32 bits per heavy atom. The monoisotopic (exact) mass is 258 g/mol. The number of carbonyl (C=O) groups excluding carboxylic acids is 1. The van der Waals surface area contributed by atoms with Crippen LogP contribution in [-0.4, -0.2) is 17.0 Å². The molecule has 102 valence electrons. The summed E-state index contributed by atoms with van der Waals surface area (Å²) in [5.74, 6) is 10.6. The first-order valence-corrected chi connectivity index (χ1v) is 6.69. The van der Waals surface area contributed by atoms with Crippen molar-refractivity contribution in [1.29, 1.82) is 0 Å². The number of hydrogen-bond donors (Lipinski definition) is 1. The second-order valence-electron chi connectivity index (χ2n) is 4.14. The van der Waals surface area contributed by atoms with Crippen LogP contribution in [0.2, 0.25) is 0 Å². The fourth-order valence-corrected chi connectivity index (χ4v) is 1.32. The lowest BCUT2D eigenvalue weighted by Gasteiger charge is -1.95. The van der Waals surface area contributed by atoms with E-state index in [1.807, 2.05) is 0 Å². The highest BCUT2D eigenvalue weighted by molar-refractivity contribution is 5.89. The highest BCUT2D eigenvalue weighted by Crippen LogP contribution is 2.03. The zero-order valence-corrected chi connectivity index (χ0v) is 11.6. The minimum atomic E-state index is -0.824. The van der Waals surface area contributed by atoms with E-state index in [2.05, 4.69) is 37.2 Å². The summed E-state index contributed by atoms with van der Waals surface area (Å²) in [7, 11) is 0. The third-order valence-corrected chi connectivity index (χ3v) is 2.39. The van der Waals surface area contributed by atoms with E-state index in [-0.39, 0.29) is 5.78 Å². The average molecular weight is 258 g/mol. The quantitative estimate of drug-likeness (QED) is 0.314. The molecule has 0 aliphatic rings. The van der Waals surface area contributed by atoms with E-state index >= 15 is 0 Å². The van der Waals surface area contributed by atoms with Gasteiger partial charge in [0, 0.05) is 12.8 Å². The molecule has 0 rings (SSSR count). The van der Waals surface area contributed by atoms with E-state index in [9.17, 15) is 4.79 Å². The summed E-state index contributed by atoms with van der Waals surface area (Å²) < 4.78 is 0. The maximum absolute atomic E-state index is 11.4. The van der Waals surface area contributed by atoms with Crippen LogP contribution >= 0.6 is 0 Å². The first-order chi connectivity index (χ1) is 9.20. The molecule has 0 amide bonds. The molecule has 0 saturated heterocycles. The van der Waals surface area contributed by atoms with Gasteiger partial charge < -0.3 is 5.11 Å². The van der Waals surface area contributed by atoms with Crippen LogP contribution in [0.4, 0.5) is 0 Å². The van der Waals surface area contributed by atoms with E-state index in [1.54, 1.807) is 12.2 Å². The average Bonchev–Trinajstić information content (AvgIpc) is 2.42. The summed E-state index contributed by atoms with van der Waals surface area (Å²) in [6, 6.07) is 0. The molecule has 19 heavy (non-hydrogen) atoms. The maximum Gasteiger partial charge on any atom is 0.155 e. The number of hydrogen-bond acceptors (Lipinski definition) is 2. The van der Waals surface area contributed by atoms with Crippen LogP contribution in [0.1, 0.15) is 45.4 Å². The minimum absolute atomic E-state index is 0.158. The molecule has 1 N–H and O–H groups in total. The molecule has 2 heteroatoms. The smallest absolute Gasteiger partial charge is 0.155 e. The lowest BCUT2D eigenvalue weighted by atomic mass is 10.1. The number of allylic oxidation sites excluding steroid dienone is 2. The Morgan fingerprint density at radius 2 is 2.11 bits per heavy atom. The molecule has 0 heterocycles. The van der Waals surface area contributed by atoms with Gasteiger partial charge in [0.15, 0.2) is 5.78 Å². The van der Waals surface area contributed by atoms with Gasteiger partial charge in [0.05, 0.1) is 0 Å². The molecule has 0 fully saturated rings. The van der Waals surface area contributed by atoms with Gasteiger partial charge in [-0.05, 0) is 24.3 Å². The molecule has 0 radical (unpaired) electrons. The van der Waals surface area contributed by atoms with Crippen molar-refractivity contribution in [3.63, 3.8) is 0 Å². The molecule has 0 aromatic carbocycles. The molecular formula is C17H22O2. The number of aliphatic hydroxyl groups excluding tert-OH is 1. The largest absolute Gasteiger partial charge is 0.377 e. The Morgan fingerprint density at radius 3 is 2.79 bits per heavy atom. The van der Waals surface area contributed by atoms with Crippen LogP contribution in [0.3, 0.4) is 0 Å². The summed E-state index contributed by atoms with van der Waals surface area (Å²) in [5, 5.41) is 9.04. The predicted molar refractivity (Wildman–Crippen MR) is 79.3 cm³/mol. The molecule has 0 aliphatic carbocycles. The fraction of sp³-hybridized carbons (Fsp3) is 0.471. The Bertz CT molecular complexity index is 410. The highest BCUT2D eigenvalue weighted by Gasteiger charge is 1.95. The molecule has 2 nitrogen and oxygen atoms in total. The van der Waals surface area contributed by atoms with Gasteiger partial charge >= 0.3 is 0 Å². The van der Waals surface area contributed by atoms with Crippen molar-refractivity contribution < 1.29 is 9.90 Å². The SMILES string of the molecule is C=C[C@H](O)C#CC#CC/C=C\C(=O)CCCCCC. The summed E-state index contributed by atoms with van der Waals surface area (Å²) >= 11 is 0. The number of ketones is 1. The molecule has 0 aromatic heterocycles. The number of carbonyl (C=O) groups is 1. The molecule has 0 bridgehead atoms. The summed E-state index contributed by atoms with van der Waals surface area (Å²) in [5.41, 5.74) is 0. The van der Waals surface area contributed by atoms with Crippen molar-refractivity contribution in [2.75, 3.05) is 0 Å². The molecule has 0 unspecified atom stereocenters. The van der Waals surface area contributed by atoms with Crippen LogP contribution in [0.25, 0.3) is 0 Å². The lowest BCUT2D eigenvalue weighted by Crippen LogP contribution is -1.94. The zero-order valence-electron chi connectivity index (χ0n) is 11.6. The van der Waals surface area contributed by atoms with Gasteiger partial charge in [0.2, 0.25) is 0 Å². The van der Waals surface area contributed by atoms with Crippen molar-refractivity contribution >= 4 is 5.78 Å². The van der Waals surface area contributed by atoms with Gasteiger partial charge in [-0.25, -0.2) is 0 Å². The van der Waals surface area contributed by atoms with Gasteiger partial charge in [0.25, 0.3) is 0 Å². The Balaban J connectivity index is 3.77. The van der Waals surface area contributed by atoms with Crippen molar-refractivity contribution in [1.82, 2.24) is 0 Å². The summed E-state index contributed by atoms with van der Waals surface area (Å²) in [6.07, 6.45) is 9.44. The Hall–Kier alpha value is -1.77. The summed E-state index contributed by atoms with van der Waals surface area (Å²) in [4.78, 5) is 11.4. The maximum atomic E-state index is 11.4. The minimum Gasteiger partial charge on any atom is -0.377 e. The zero-order chi connectivity index (χ0) is 14.3. The number of aliphatic hydroxyl groups is 1. The Labute approximate surface area is 116 Å². The van der Waals surface area contributed by atoms with E-state index < -0.39 is 6.10 Å². The third kappa shape index (κ3) is 12.5. The van der Waals surface area contributed by atoms with Gasteiger partial charge in [-0.3, -0.25) is 4.79 Å².